The van der Waals surface area contributed by atoms with Crippen molar-refractivity contribution in [3.8, 4) is 0 Å². The van der Waals surface area contributed by atoms with Gasteiger partial charge in [0.15, 0.2) is 0 Å². The predicted molar refractivity (Wildman–Crippen MR) is 54.8 cm³/mol. The first-order chi connectivity index (χ1) is 6.19. The molecule has 0 aliphatic carbocycles. The normalized spacial score (nSPS) is 16.1. The van der Waals surface area contributed by atoms with E-state index in [4.69, 9.17) is 4.74 Å². The van der Waals surface area contributed by atoms with Crippen molar-refractivity contribution in [2.45, 2.75) is 53.1 Å². The Kier molecular flexibility index (Phi) is 4.56. The van der Waals surface area contributed by atoms with Gasteiger partial charge in [0.05, 0.1) is 6.61 Å². The molecule has 0 fully saturated rings. The minimum absolute atomic E-state index is 0.113. The summed E-state index contributed by atoms with van der Waals surface area (Å²) >= 11 is 0. The summed E-state index contributed by atoms with van der Waals surface area (Å²) in [4.78, 5) is 11.3. The Bertz CT molecular complexity index is 192. The average molecular weight is 204 g/mol. The number of ether oxygens (including phenoxy) is 1. The van der Waals surface area contributed by atoms with Gasteiger partial charge in [0.25, 0.3) is 0 Å². The van der Waals surface area contributed by atoms with E-state index in [0.29, 0.717) is 6.42 Å². The van der Waals surface area contributed by atoms with Crippen LogP contribution in [0.5, 0.6) is 0 Å². The molecule has 84 valence electrons. The summed E-state index contributed by atoms with van der Waals surface area (Å²) in [6, 6.07) is 0. The molecule has 0 N–H and O–H groups in total. The zero-order valence-electron chi connectivity index (χ0n) is 9.82. The van der Waals surface area contributed by atoms with Gasteiger partial charge in [-0.25, -0.2) is 9.18 Å². The molecule has 0 rings (SSSR count). The van der Waals surface area contributed by atoms with Crippen LogP contribution in [0.3, 0.4) is 0 Å². The molecule has 3 heteroatoms. The number of halogens is 1. The zero-order valence-corrected chi connectivity index (χ0v) is 9.82. The van der Waals surface area contributed by atoms with Gasteiger partial charge >= 0.3 is 5.97 Å². The highest BCUT2D eigenvalue weighted by Crippen LogP contribution is 2.21. The summed E-state index contributed by atoms with van der Waals surface area (Å²) in [7, 11) is 0. The Labute approximate surface area is 85.8 Å². The molecule has 1 atom stereocenters. The minimum atomic E-state index is -1.83. The molecule has 0 saturated heterocycles. The van der Waals surface area contributed by atoms with Gasteiger partial charge in [-0.1, -0.05) is 34.1 Å². The Morgan fingerprint density at radius 3 is 2.14 bits per heavy atom. The van der Waals surface area contributed by atoms with Gasteiger partial charge in [-0.05, 0) is 18.8 Å². The van der Waals surface area contributed by atoms with Gasteiger partial charge in [-0.15, -0.1) is 0 Å². The van der Waals surface area contributed by atoms with E-state index in [9.17, 15) is 9.18 Å². The lowest BCUT2D eigenvalue weighted by Crippen LogP contribution is -2.34. The first-order valence-corrected chi connectivity index (χ1v) is 5.05. The maximum Gasteiger partial charge on any atom is 0.343 e. The van der Waals surface area contributed by atoms with Crippen molar-refractivity contribution in [1.29, 1.82) is 0 Å². The van der Waals surface area contributed by atoms with Crippen molar-refractivity contribution >= 4 is 5.97 Å². The molecule has 2 nitrogen and oxygen atoms in total. The van der Waals surface area contributed by atoms with Gasteiger partial charge in [-0.2, -0.15) is 0 Å². The third kappa shape index (κ3) is 5.20. The van der Waals surface area contributed by atoms with Crippen LogP contribution in [0.4, 0.5) is 4.39 Å². The predicted octanol–water partition coefficient (Wildman–Crippen LogP) is 3.10. The molecule has 0 aliphatic rings. The van der Waals surface area contributed by atoms with Crippen LogP contribution in [-0.2, 0) is 9.53 Å². The van der Waals surface area contributed by atoms with Crippen molar-refractivity contribution in [2.24, 2.45) is 5.41 Å². The molecule has 0 aromatic rings. The van der Waals surface area contributed by atoms with Gasteiger partial charge < -0.3 is 4.74 Å². The van der Waals surface area contributed by atoms with Crippen LogP contribution < -0.4 is 0 Å². The van der Waals surface area contributed by atoms with Crippen molar-refractivity contribution < 1.29 is 13.9 Å². The Morgan fingerprint density at radius 2 is 1.79 bits per heavy atom. The molecular formula is C11H21FO2. The molecule has 0 spiro atoms. The van der Waals surface area contributed by atoms with Crippen LogP contribution in [-0.4, -0.2) is 18.2 Å². The van der Waals surface area contributed by atoms with Crippen LogP contribution in [0, 0.1) is 5.41 Å². The Hall–Kier alpha value is -0.600. The topological polar surface area (TPSA) is 26.3 Å². The first-order valence-electron chi connectivity index (χ1n) is 5.05. The largest absolute Gasteiger partial charge is 0.463 e. The van der Waals surface area contributed by atoms with Crippen molar-refractivity contribution in [1.82, 2.24) is 0 Å². The maximum absolute atomic E-state index is 13.6. The number of carbonyl (C=O) groups excluding carboxylic acids is 1. The van der Waals surface area contributed by atoms with E-state index in [0.717, 1.165) is 0 Å². The standard InChI is InChI=1S/C11H21FO2/c1-6-7-11(5,12)9(13)14-8-10(2,3)4/h6-8H2,1-5H3. The van der Waals surface area contributed by atoms with Crippen molar-refractivity contribution in [3.05, 3.63) is 0 Å². The minimum Gasteiger partial charge on any atom is -0.463 e. The molecule has 1 unspecified atom stereocenters. The van der Waals surface area contributed by atoms with E-state index < -0.39 is 11.6 Å². The Balaban J connectivity index is 4.08. The molecule has 0 heterocycles. The second kappa shape index (κ2) is 4.76. The average Bonchev–Trinajstić information content (AvgIpc) is 1.98. The fourth-order valence-electron chi connectivity index (χ4n) is 1.00. The molecule has 0 aliphatic heterocycles. The highest BCUT2D eigenvalue weighted by molar-refractivity contribution is 5.78. The van der Waals surface area contributed by atoms with Crippen LogP contribution in [0.25, 0.3) is 0 Å². The van der Waals surface area contributed by atoms with Gasteiger partial charge in [0.2, 0.25) is 5.67 Å². The number of rotatable bonds is 4. The van der Waals surface area contributed by atoms with E-state index in [1.165, 1.54) is 6.92 Å². The summed E-state index contributed by atoms with van der Waals surface area (Å²) in [5, 5.41) is 0. The lowest BCUT2D eigenvalue weighted by Gasteiger charge is -2.22. The van der Waals surface area contributed by atoms with E-state index in [1.807, 2.05) is 27.7 Å². The summed E-state index contributed by atoms with van der Waals surface area (Å²) in [6.07, 6.45) is 0.855. The fourth-order valence-corrected chi connectivity index (χ4v) is 1.00. The second-order valence-electron chi connectivity index (χ2n) is 5.08. The van der Waals surface area contributed by atoms with Crippen molar-refractivity contribution in [2.75, 3.05) is 6.61 Å². The smallest absolute Gasteiger partial charge is 0.343 e. The highest BCUT2D eigenvalue weighted by Gasteiger charge is 2.34. The molecule has 0 bridgehead atoms. The van der Waals surface area contributed by atoms with Crippen LogP contribution in [0.1, 0.15) is 47.5 Å². The summed E-state index contributed by atoms with van der Waals surface area (Å²) in [5.41, 5.74) is -1.95. The highest BCUT2D eigenvalue weighted by atomic mass is 19.1. The van der Waals surface area contributed by atoms with Crippen LogP contribution in [0.15, 0.2) is 0 Å². The fraction of sp³-hybridized carbons (Fsp3) is 0.909. The van der Waals surface area contributed by atoms with Crippen LogP contribution in [0.2, 0.25) is 0 Å². The van der Waals surface area contributed by atoms with E-state index >= 15 is 0 Å². The number of alkyl halides is 1. The molecule has 14 heavy (non-hydrogen) atoms. The van der Waals surface area contributed by atoms with Crippen molar-refractivity contribution in [3.63, 3.8) is 0 Å². The van der Waals surface area contributed by atoms with E-state index in [1.54, 1.807) is 0 Å². The third-order valence-corrected chi connectivity index (χ3v) is 1.78. The molecular weight excluding hydrogens is 183 g/mol. The van der Waals surface area contributed by atoms with E-state index in [2.05, 4.69) is 0 Å². The Morgan fingerprint density at radius 1 is 1.29 bits per heavy atom. The SMILES string of the molecule is CCCC(C)(F)C(=O)OCC(C)(C)C. The summed E-state index contributed by atoms with van der Waals surface area (Å²) < 4.78 is 18.5. The molecule has 0 aromatic heterocycles. The molecule has 0 saturated carbocycles. The monoisotopic (exact) mass is 204 g/mol. The van der Waals surface area contributed by atoms with Crippen LogP contribution >= 0.6 is 0 Å². The summed E-state index contributed by atoms with van der Waals surface area (Å²) in [6.45, 7) is 9.20. The zero-order chi connectivity index (χ0) is 11.4. The lowest BCUT2D eigenvalue weighted by molar-refractivity contribution is -0.160. The quantitative estimate of drug-likeness (QED) is 0.658. The summed E-state index contributed by atoms with van der Waals surface area (Å²) in [5.74, 6) is -0.741. The number of carbonyl (C=O) groups is 1. The molecule has 0 amide bonds. The third-order valence-electron chi connectivity index (χ3n) is 1.78. The number of hydrogen-bond acceptors (Lipinski definition) is 2. The first kappa shape index (κ1) is 13.4. The van der Waals surface area contributed by atoms with Gasteiger partial charge in [-0.3, -0.25) is 0 Å². The van der Waals surface area contributed by atoms with Gasteiger partial charge in [0, 0.05) is 0 Å². The number of esters is 1. The number of hydrogen-bond donors (Lipinski definition) is 0. The molecule has 0 aromatic carbocycles. The van der Waals surface area contributed by atoms with Gasteiger partial charge in [0.1, 0.15) is 0 Å². The molecule has 0 radical (unpaired) electrons. The second-order valence-corrected chi connectivity index (χ2v) is 5.08. The lowest BCUT2D eigenvalue weighted by atomic mass is 9.98. The van der Waals surface area contributed by atoms with E-state index in [-0.39, 0.29) is 18.4 Å². The maximum atomic E-state index is 13.6.